The van der Waals surface area contributed by atoms with E-state index in [-0.39, 0.29) is 12.4 Å². The van der Waals surface area contributed by atoms with Crippen molar-refractivity contribution < 1.29 is 0 Å². The molecule has 0 saturated heterocycles. The van der Waals surface area contributed by atoms with Crippen LogP contribution in [0.15, 0.2) is 0 Å². The standard InChI is InChI=1S/C12H19N.ClH/c1-13(2)5-6-3-7-8-4-9-11(7)12(9)10(6)8;/h6-12H,3-5H2,1-2H3;1H. The smallest absolute Gasteiger partial charge is 0.000652 e. The Morgan fingerprint density at radius 3 is 2.14 bits per heavy atom. The lowest BCUT2D eigenvalue weighted by Gasteiger charge is -2.24. The first-order valence-corrected chi connectivity index (χ1v) is 5.92. The zero-order chi connectivity index (χ0) is 8.74. The third-order valence-electron chi connectivity index (χ3n) is 5.54. The van der Waals surface area contributed by atoms with E-state index in [2.05, 4.69) is 19.0 Å². The summed E-state index contributed by atoms with van der Waals surface area (Å²) in [6, 6.07) is 0. The Kier molecular flexibility index (Phi) is 1.81. The maximum absolute atomic E-state index is 2.40. The van der Waals surface area contributed by atoms with Crippen LogP contribution >= 0.6 is 12.4 Å². The molecule has 5 aliphatic rings. The van der Waals surface area contributed by atoms with Crippen LogP contribution in [0.2, 0.25) is 0 Å². The first kappa shape index (κ1) is 9.47. The zero-order valence-electron chi connectivity index (χ0n) is 9.02. The summed E-state index contributed by atoms with van der Waals surface area (Å²) in [5, 5.41) is 0. The van der Waals surface area contributed by atoms with Crippen molar-refractivity contribution in [3.63, 3.8) is 0 Å². The molecule has 0 spiro atoms. The molecule has 5 saturated carbocycles. The summed E-state index contributed by atoms with van der Waals surface area (Å²) >= 11 is 0. The molecule has 0 radical (unpaired) electrons. The summed E-state index contributed by atoms with van der Waals surface area (Å²) in [5.74, 6) is 8.37. The molecule has 6 bridgehead atoms. The fraction of sp³-hybridized carbons (Fsp3) is 1.00. The summed E-state index contributed by atoms with van der Waals surface area (Å²) in [5.41, 5.74) is 0. The fourth-order valence-electron chi connectivity index (χ4n) is 5.56. The van der Waals surface area contributed by atoms with Gasteiger partial charge >= 0.3 is 0 Å². The molecule has 7 atom stereocenters. The van der Waals surface area contributed by atoms with E-state index < -0.39 is 0 Å². The van der Waals surface area contributed by atoms with Gasteiger partial charge in [0.1, 0.15) is 0 Å². The molecule has 0 aromatic rings. The minimum atomic E-state index is 0. The fourth-order valence-corrected chi connectivity index (χ4v) is 5.56. The molecule has 0 N–H and O–H groups in total. The highest BCUT2D eigenvalue weighted by Gasteiger charge is 2.77. The van der Waals surface area contributed by atoms with Crippen molar-refractivity contribution in [1.82, 2.24) is 4.90 Å². The van der Waals surface area contributed by atoms with Gasteiger partial charge in [0, 0.05) is 6.54 Å². The molecule has 0 amide bonds. The highest BCUT2D eigenvalue weighted by Crippen LogP contribution is 2.82. The summed E-state index contributed by atoms with van der Waals surface area (Å²) in [4.78, 5) is 2.40. The predicted octanol–water partition coefficient (Wildman–Crippen LogP) is 2.12. The van der Waals surface area contributed by atoms with Crippen LogP contribution in [0.5, 0.6) is 0 Å². The van der Waals surface area contributed by atoms with E-state index in [0.717, 1.165) is 5.92 Å². The molecule has 2 heteroatoms. The van der Waals surface area contributed by atoms with Crippen LogP contribution in [0.1, 0.15) is 12.8 Å². The number of hydrogen-bond donors (Lipinski definition) is 0. The SMILES string of the molecule is CN(C)CC1CC2C3CC4C2C4C13.Cl. The lowest BCUT2D eigenvalue weighted by atomic mass is 9.88. The van der Waals surface area contributed by atoms with Gasteiger partial charge in [-0.25, -0.2) is 0 Å². The topological polar surface area (TPSA) is 3.24 Å². The monoisotopic (exact) mass is 213 g/mol. The second kappa shape index (κ2) is 2.68. The van der Waals surface area contributed by atoms with Crippen molar-refractivity contribution in [3.8, 4) is 0 Å². The Hall–Kier alpha value is 0.250. The van der Waals surface area contributed by atoms with Crippen LogP contribution in [-0.4, -0.2) is 25.5 Å². The second-order valence-corrected chi connectivity index (χ2v) is 6.22. The molecule has 0 aromatic carbocycles. The molecule has 7 unspecified atom stereocenters. The van der Waals surface area contributed by atoms with Crippen molar-refractivity contribution in [1.29, 1.82) is 0 Å². The Labute approximate surface area is 92.6 Å². The van der Waals surface area contributed by atoms with E-state index in [1.165, 1.54) is 42.1 Å². The van der Waals surface area contributed by atoms with Crippen LogP contribution in [0, 0.1) is 41.4 Å². The van der Waals surface area contributed by atoms with E-state index in [1.54, 1.807) is 12.8 Å². The lowest BCUT2D eigenvalue weighted by Crippen LogP contribution is -2.26. The maximum Gasteiger partial charge on any atom is 0.000652 e. The summed E-state index contributed by atoms with van der Waals surface area (Å²) in [6.45, 7) is 1.37. The van der Waals surface area contributed by atoms with Crippen LogP contribution in [0.3, 0.4) is 0 Å². The van der Waals surface area contributed by atoms with Crippen LogP contribution in [-0.2, 0) is 0 Å². The third-order valence-corrected chi connectivity index (χ3v) is 5.54. The van der Waals surface area contributed by atoms with Gasteiger partial charge in [-0.2, -0.15) is 0 Å². The molecular weight excluding hydrogens is 194 g/mol. The van der Waals surface area contributed by atoms with E-state index in [1.807, 2.05) is 0 Å². The average molecular weight is 214 g/mol. The molecule has 5 rings (SSSR count). The van der Waals surface area contributed by atoms with Crippen molar-refractivity contribution in [3.05, 3.63) is 0 Å². The molecule has 5 fully saturated rings. The quantitative estimate of drug-likeness (QED) is 0.680. The van der Waals surface area contributed by atoms with Gasteiger partial charge in [-0.05, 0) is 68.4 Å². The van der Waals surface area contributed by atoms with Gasteiger partial charge in [0.25, 0.3) is 0 Å². The number of hydrogen-bond acceptors (Lipinski definition) is 1. The maximum atomic E-state index is 2.40. The average Bonchev–Trinajstić information content (AvgIpc) is 2.48. The van der Waals surface area contributed by atoms with Crippen LogP contribution in [0.25, 0.3) is 0 Å². The number of rotatable bonds is 2. The predicted molar refractivity (Wildman–Crippen MR) is 59.5 cm³/mol. The largest absolute Gasteiger partial charge is 0.309 e. The van der Waals surface area contributed by atoms with Crippen molar-refractivity contribution in [2.45, 2.75) is 12.8 Å². The van der Waals surface area contributed by atoms with Gasteiger partial charge in [-0.15, -0.1) is 12.4 Å². The molecule has 80 valence electrons. The molecule has 0 aromatic heterocycles. The zero-order valence-corrected chi connectivity index (χ0v) is 9.83. The molecule has 0 heterocycles. The Balaban J connectivity index is 0.000000640. The third kappa shape index (κ3) is 0.869. The molecule has 14 heavy (non-hydrogen) atoms. The van der Waals surface area contributed by atoms with Gasteiger partial charge in [0.15, 0.2) is 0 Å². The van der Waals surface area contributed by atoms with Crippen LogP contribution in [0.4, 0.5) is 0 Å². The second-order valence-electron chi connectivity index (χ2n) is 6.22. The Bertz CT molecular complexity index is 265. The first-order valence-electron chi connectivity index (χ1n) is 5.92. The molecular formula is C12H20ClN. The van der Waals surface area contributed by atoms with Gasteiger partial charge < -0.3 is 4.90 Å². The Morgan fingerprint density at radius 1 is 0.929 bits per heavy atom. The van der Waals surface area contributed by atoms with Crippen LogP contribution < -0.4 is 0 Å². The van der Waals surface area contributed by atoms with Crippen molar-refractivity contribution in [2.24, 2.45) is 41.4 Å². The normalized spacial score (nSPS) is 60.6. The van der Waals surface area contributed by atoms with Crippen molar-refractivity contribution in [2.75, 3.05) is 20.6 Å². The van der Waals surface area contributed by atoms with Gasteiger partial charge in [-0.3, -0.25) is 0 Å². The summed E-state index contributed by atoms with van der Waals surface area (Å²) < 4.78 is 0. The summed E-state index contributed by atoms with van der Waals surface area (Å²) in [7, 11) is 4.47. The van der Waals surface area contributed by atoms with E-state index in [9.17, 15) is 0 Å². The summed E-state index contributed by atoms with van der Waals surface area (Å²) in [6.07, 6.45) is 3.22. The minimum absolute atomic E-state index is 0. The van der Waals surface area contributed by atoms with Crippen molar-refractivity contribution >= 4 is 12.4 Å². The highest BCUT2D eigenvalue weighted by molar-refractivity contribution is 5.85. The van der Waals surface area contributed by atoms with Gasteiger partial charge in [0.2, 0.25) is 0 Å². The van der Waals surface area contributed by atoms with Gasteiger partial charge in [-0.1, -0.05) is 0 Å². The minimum Gasteiger partial charge on any atom is -0.309 e. The highest BCUT2D eigenvalue weighted by atomic mass is 35.5. The van der Waals surface area contributed by atoms with E-state index >= 15 is 0 Å². The van der Waals surface area contributed by atoms with Gasteiger partial charge in [0.05, 0.1) is 0 Å². The Morgan fingerprint density at radius 2 is 1.64 bits per heavy atom. The van der Waals surface area contributed by atoms with E-state index in [4.69, 9.17) is 0 Å². The number of halogens is 1. The first-order chi connectivity index (χ1) is 6.27. The number of nitrogens with zero attached hydrogens (tertiary/aromatic N) is 1. The molecule has 5 aliphatic carbocycles. The lowest BCUT2D eigenvalue weighted by molar-refractivity contribution is 0.233. The molecule has 0 aliphatic heterocycles. The molecule has 1 nitrogen and oxygen atoms in total. The van der Waals surface area contributed by atoms with E-state index in [0.29, 0.717) is 0 Å².